The molecule has 0 aliphatic heterocycles. The van der Waals surface area contributed by atoms with Crippen LogP contribution in [-0.2, 0) is 0 Å². The molecule has 0 aliphatic carbocycles. The molecule has 120 valence electrons. The van der Waals surface area contributed by atoms with Gasteiger partial charge in [-0.15, -0.1) is 0 Å². The van der Waals surface area contributed by atoms with E-state index in [-0.39, 0.29) is 5.69 Å². The Morgan fingerprint density at radius 1 is 0.920 bits per heavy atom. The summed E-state index contributed by atoms with van der Waals surface area (Å²) in [5, 5.41) is 20.3. The van der Waals surface area contributed by atoms with Gasteiger partial charge in [-0.1, -0.05) is 66.7 Å². The van der Waals surface area contributed by atoms with Crippen LogP contribution in [0.15, 0.2) is 78.9 Å². The van der Waals surface area contributed by atoms with E-state index in [1.807, 2.05) is 54.6 Å². The molecule has 3 aromatic carbocycles. The molecule has 0 bridgehead atoms. The van der Waals surface area contributed by atoms with Gasteiger partial charge in [0, 0.05) is 12.1 Å². The second kappa shape index (κ2) is 7.24. The van der Waals surface area contributed by atoms with Crippen LogP contribution in [-0.4, -0.2) is 4.92 Å². The van der Waals surface area contributed by atoms with Gasteiger partial charge in [0.05, 0.1) is 16.6 Å². The average Bonchev–Trinajstić information content (AvgIpc) is 2.67. The highest BCUT2D eigenvalue weighted by molar-refractivity contribution is 5.90. The summed E-state index contributed by atoms with van der Waals surface area (Å²) in [5.74, 6) is 0. The molecule has 3 aromatic rings. The fraction of sp³-hybridized carbons (Fsp3) is 0. The summed E-state index contributed by atoms with van der Waals surface area (Å²) in [6.07, 6.45) is 1.73. The van der Waals surface area contributed by atoms with Crippen molar-refractivity contribution in [1.29, 1.82) is 5.26 Å². The van der Waals surface area contributed by atoms with Crippen LogP contribution in [0.5, 0.6) is 0 Å². The minimum Gasteiger partial charge on any atom is -0.258 e. The smallest absolute Gasteiger partial charge is 0.258 e. The van der Waals surface area contributed by atoms with E-state index in [4.69, 9.17) is 0 Å². The van der Waals surface area contributed by atoms with Crippen molar-refractivity contribution in [3.8, 4) is 17.2 Å². The molecule has 0 aromatic heterocycles. The van der Waals surface area contributed by atoms with E-state index in [9.17, 15) is 15.4 Å². The number of hydrogen-bond acceptors (Lipinski definition) is 3. The zero-order valence-corrected chi connectivity index (χ0v) is 13.3. The molecular weight excluding hydrogens is 312 g/mol. The number of rotatable bonds is 4. The molecule has 4 nitrogen and oxygen atoms in total. The predicted octanol–water partition coefficient (Wildman–Crippen LogP) is 5.33. The largest absolute Gasteiger partial charge is 0.270 e. The second-order valence-electron chi connectivity index (χ2n) is 5.47. The maximum absolute atomic E-state index is 10.9. The Morgan fingerprint density at radius 2 is 1.60 bits per heavy atom. The second-order valence-corrected chi connectivity index (χ2v) is 5.47. The third kappa shape index (κ3) is 3.80. The molecule has 0 heterocycles. The molecular formula is C21H14N2O2. The Morgan fingerprint density at radius 3 is 2.24 bits per heavy atom. The molecule has 0 atom stereocenters. The van der Waals surface area contributed by atoms with E-state index in [1.54, 1.807) is 18.2 Å². The lowest BCUT2D eigenvalue weighted by atomic mass is 10.0. The molecule has 0 spiro atoms. The van der Waals surface area contributed by atoms with Crippen molar-refractivity contribution in [2.45, 2.75) is 0 Å². The number of benzene rings is 3. The fourth-order valence-corrected chi connectivity index (χ4v) is 2.54. The van der Waals surface area contributed by atoms with Crippen molar-refractivity contribution in [3.63, 3.8) is 0 Å². The number of hydrogen-bond donors (Lipinski definition) is 0. The summed E-state index contributed by atoms with van der Waals surface area (Å²) in [7, 11) is 0. The van der Waals surface area contributed by atoms with Crippen LogP contribution < -0.4 is 0 Å². The van der Waals surface area contributed by atoms with Crippen LogP contribution >= 0.6 is 0 Å². The molecule has 0 saturated heterocycles. The lowest BCUT2D eigenvalue weighted by Crippen LogP contribution is -1.89. The zero-order valence-electron chi connectivity index (χ0n) is 13.3. The molecule has 0 amide bonds. The fourth-order valence-electron chi connectivity index (χ4n) is 2.54. The molecule has 4 heteroatoms. The van der Waals surface area contributed by atoms with Crippen LogP contribution in [0.25, 0.3) is 22.8 Å². The van der Waals surface area contributed by atoms with E-state index in [0.29, 0.717) is 11.1 Å². The van der Waals surface area contributed by atoms with Crippen molar-refractivity contribution >= 4 is 17.3 Å². The average molecular weight is 326 g/mol. The summed E-state index contributed by atoms with van der Waals surface area (Å²) in [6.45, 7) is 0. The predicted molar refractivity (Wildman–Crippen MR) is 98.5 cm³/mol. The van der Waals surface area contributed by atoms with Crippen molar-refractivity contribution < 1.29 is 4.92 Å². The van der Waals surface area contributed by atoms with Gasteiger partial charge >= 0.3 is 0 Å². The van der Waals surface area contributed by atoms with E-state index in [1.165, 1.54) is 12.1 Å². The number of nitro groups is 1. The highest BCUT2D eigenvalue weighted by atomic mass is 16.6. The molecule has 0 N–H and O–H groups in total. The monoisotopic (exact) mass is 326 g/mol. The van der Waals surface area contributed by atoms with Gasteiger partial charge in [-0.25, -0.2) is 0 Å². The van der Waals surface area contributed by atoms with Crippen molar-refractivity contribution in [3.05, 3.63) is 100 Å². The van der Waals surface area contributed by atoms with Crippen molar-refractivity contribution in [1.82, 2.24) is 0 Å². The Kier molecular flexibility index (Phi) is 4.68. The lowest BCUT2D eigenvalue weighted by Gasteiger charge is -2.03. The van der Waals surface area contributed by atoms with Crippen LogP contribution in [0.4, 0.5) is 5.69 Å². The standard InChI is InChI=1S/C21H14N2O2/c22-15-20(19-7-4-8-21(14-19)23(24)25)13-16-9-11-18(12-10-16)17-5-2-1-3-6-17/h1-14H. The molecule has 0 fully saturated rings. The SMILES string of the molecule is N#CC(=Cc1ccc(-c2ccccc2)cc1)c1cccc([N+](=O)[O-])c1. The van der Waals surface area contributed by atoms with Gasteiger partial charge in [-0.05, 0) is 28.3 Å². The topological polar surface area (TPSA) is 66.9 Å². The van der Waals surface area contributed by atoms with E-state index in [2.05, 4.69) is 6.07 Å². The first-order valence-electron chi connectivity index (χ1n) is 7.69. The number of nitrogens with zero attached hydrogens (tertiary/aromatic N) is 2. The highest BCUT2D eigenvalue weighted by Crippen LogP contribution is 2.24. The highest BCUT2D eigenvalue weighted by Gasteiger charge is 2.08. The van der Waals surface area contributed by atoms with Gasteiger partial charge in [0.25, 0.3) is 5.69 Å². The number of nitro benzene ring substituents is 1. The summed E-state index contributed by atoms with van der Waals surface area (Å²) < 4.78 is 0. The number of nitriles is 1. The van der Waals surface area contributed by atoms with Gasteiger partial charge in [-0.3, -0.25) is 10.1 Å². The minimum absolute atomic E-state index is 0.0296. The molecule has 25 heavy (non-hydrogen) atoms. The van der Waals surface area contributed by atoms with Crippen molar-refractivity contribution in [2.75, 3.05) is 0 Å². The van der Waals surface area contributed by atoms with Gasteiger partial charge in [0.1, 0.15) is 0 Å². The summed E-state index contributed by atoms with van der Waals surface area (Å²) >= 11 is 0. The van der Waals surface area contributed by atoms with Gasteiger partial charge in [0.2, 0.25) is 0 Å². The molecule has 0 aliphatic rings. The van der Waals surface area contributed by atoms with Crippen LogP contribution in [0.3, 0.4) is 0 Å². The van der Waals surface area contributed by atoms with Crippen LogP contribution in [0.2, 0.25) is 0 Å². The van der Waals surface area contributed by atoms with Gasteiger partial charge in [0.15, 0.2) is 0 Å². The van der Waals surface area contributed by atoms with E-state index in [0.717, 1.165) is 16.7 Å². The summed E-state index contributed by atoms with van der Waals surface area (Å²) in [4.78, 5) is 10.4. The quantitative estimate of drug-likeness (QED) is 0.282. The van der Waals surface area contributed by atoms with Crippen LogP contribution in [0, 0.1) is 21.4 Å². The molecule has 3 rings (SSSR count). The van der Waals surface area contributed by atoms with E-state index < -0.39 is 4.92 Å². The lowest BCUT2D eigenvalue weighted by molar-refractivity contribution is -0.384. The Hall–Kier alpha value is -3.71. The van der Waals surface area contributed by atoms with Gasteiger partial charge < -0.3 is 0 Å². The third-order valence-corrected chi connectivity index (χ3v) is 3.82. The first kappa shape index (κ1) is 16.2. The molecule has 0 saturated carbocycles. The Bertz CT molecular complexity index is 969. The van der Waals surface area contributed by atoms with Crippen LogP contribution in [0.1, 0.15) is 11.1 Å². The van der Waals surface area contributed by atoms with E-state index >= 15 is 0 Å². The van der Waals surface area contributed by atoms with Gasteiger partial charge in [-0.2, -0.15) is 5.26 Å². The maximum Gasteiger partial charge on any atom is 0.270 e. The normalized spacial score (nSPS) is 10.9. The summed E-state index contributed by atoms with van der Waals surface area (Å²) in [6, 6.07) is 26.1. The minimum atomic E-state index is -0.465. The first-order valence-corrected chi connectivity index (χ1v) is 7.69. The van der Waals surface area contributed by atoms with Crippen molar-refractivity contribution in [2.24, 2.45) is 0 Å². The maximum atomic E-state index is 10.9. The third-order valence-electron chi connectivity index (χ3n) is 3.82. The number of allylic oxidation sites excluding steroid dienone is 1. The Labute approximate surface area is 145 Å². The molecule has 0 unspecified atom stereocenters. The number of non-ortho nitro benzene ring substituents is 1. The molecule has 0 radical (unpaired) electrons. The zero-order chi connectivity index (χ0) is 17.6. The Balaban J connectivity index is 1.92. The summed E-state index contributed by atoms with van der Waals surface area (Å²) in [5.41, 5.74) is 3.96. The first-order chi connectivity index (χ1) is 12.2.